The quantitative estimate of drug-likeness (QED) is 0.619. The number of hydrogen-bond acceptors (Lipinski definition) is 6. The Labute approximate surface area is 127 Å². The largest absolute Gasteiger partial charge is 0.374 e. The molecule has 0 amide bonds. The number of hydrogen-bond donors (Lipinski definition) is 2. The van der Waals surface area contributed by atoms with Gasteiger partial charge in [0.05, 0.1) is 0 Å². The van der Waals surface area contributed by atoms with Gasteiger partial charge in [-0.15, -0.1) is 0 Å². The minimum Gasteiger partial charge on any atom is -0.374 e. The Morgan fingerprint density at radius 2 is 2.05 bits per heavy atom. The minimum atomic E-state index is 0.411. The molecular formula is C15H27N5O. The Kier molecular flexibility index (Phi) is 5.76. The van der Waals surface area contributed by atoms with Crippen LogP contribution in [0, 0.1) is 5.92 Å². The summed E-state index contributed by atoms with van der Waals surface area (Å²) in [6.07, 6.45) is 5.00. The molecule has 0 unspecified atom stereocenters. The molecule has 21 heavy (non-hydrogen) atoms. The number of nitrogens with zero attached hydrogens (tertiary/aromatic N) is 3. The summed E-state index contributed by atoms with van der Waals surface area (Å²) in [4.78, 5) is 11.2. The Morgan fingerprint density at radius 1 is 1.33 bits per heavy atom. The molecule has 6 heteroatoms. The lowest BCUT2D eigenvalue weighted by Gasteiger charge is -2.34. The summed E-state index contributed by atoms with van der Waals surface area (Å²) in [5.41, 5.74) is 2.62. The van der Waals surface area contributed by atoms with Crippen molar-refractivity contribution in [1.29, 1.82) is 0 Å². The zero-order chi connectivity index (χ0) is 15.2. The SMILES string of the molecule is CCOCc1nc(NN)cc(N(C)C2CCC(C)CC2)n1. The van der Waals surface area contributed by atoms with Crippen molar-refractivity contribution >= 4 is 11.6 Å². The van der Waals surface area contributed by atoms with E-state index in [9.17, 15) is 0 Å². The third-order valence-corrected chi connectivity index (χ3v) is 4.24. The van der Waals surface area contributed by atoms with Crippen LogP contribution in [0.2, 0.25) is 0 Å². The van der Waals surface area contributed by atoms with Crippen LogP contribution in [0.1, 0.15) is 45.4 Å². The maximum absolute atomic E-state index is 5.51. The Morgan fingerprint density at radius 3 is 2.67 bits per heavy atom. The molecule has 1 aliphatic carbocycles. The van der Waals surface area contributed by atoms with E-state index in [1.54, 1.807) is 0 Å². The molecule has 0 aliphatic heterocycles. The van der Waals surface area contributed by atoms with E-state index < -0.39 is 0 Å². The van der Waals surface area contributed by atoms with Gasteiger partial charge in [0.1, 0.15) is 18.2 Å². The summed E-state index contributed by atoms with van der Waals surface area (Å²) in [6, 6.07) is 2.44. The molecule has 0 aromatic carbocycles. The summed E-state index contributed by atoms with van der Waals surface area (Å²) in [5.74, 6) is 8.56. The van der Waals surface area contributed by atoms with E-state index in [2.05, 4.69) is 34.3 Å². The molecule has 0 saturated heterocycles. The Hall–Kier alpha value is -1.40. The van der Waals surface area contributed by atoms with Crippen molar-refractivity contribution in [2.75, 3.05) is 24.0 Å². The van der Waals surface area contributed by atoms with Crippen LogP contribution in [-0.2, 0) is 11.3 Å². The molecule has 0 radical (unpaired) electrons. The summed E-state index contributed by atoms with van der Waals surface area (Å²) in [7, 11) is 2.10. The molecule has 1 fully saturated rings. The van der Waals surface area contributed by atoms with Gasteiger partial charge in [-0.1, -0.05) is 6.92 Å². The highest BCUT2D eigenvalue weighted by molar-refractivity contribution is 5.49. The van der Waals surface area contributed by atoms with E-state index in [1.807, 2.05) is 13.0 Å². The average molecular weight is 293 g/mol. The fourth-order valence-corrected chi connectivity index (χ4v) is 2.81. The first-order valence-corrected chi connectivity index (χ1v) is 7.79. The average Bonchev–Trinajstić information content (AvgIpc) is 2.52. The van der Waals surface area contributed by atoms with E-state index in [-0.39, 0.29) is 0 Å². The van der Waals surface area contributed by atoms with Gasteiger partial charge in [-0.25, -0.2) is 15.8 Å². The monoisotopic (exact) mass is 293 g/mol. The van der Waals surface area contributed by atoms with Crippen LogP contribution >= 0.6 is 0 Å². The van der Waals surface area contributed by atoms with Crippen molar-refractivity contribution in [2.24, 2.45) is 11.8 Å². The van der Waals surface area contributed by atoms with Gasteiger partial charge in [0.25, 0.3) is 0 Å². The van der Waals surface area contributed by atoms with Crippen molar-refractivity contribution in [3.8, 4) is 0 Å². The van der Waals surface area contributed by atoms with Crippen LogP contribution in [0.25, 0.3) is 0 Å². The van der Waals surface area contributed by atoms with Crippen LogP contribution in [0.5, 0.6) is 0 Å². The topological polar surface area (TPSA) is 76.3 Å². The highest BCUT2D eigenvalue weighted by atomic mass is 16.5. The van der Waals surface area contributed by atoms with Crippen molar-refractivity contribution in [2.45, 2.75) is 52.2 Å². The Balaban J connectivity index is 2.13. The maximum atomic E-state index is 5.51. The number of aromatic nitrogens is 2. The molecule has 0 spiro atoms. The number of anilines is 2. The summed E-state index contributed by atoms with van der Waals surface area (Å²) in [5, 5.41) is 0. The molecule has 1 aromatic heterocycles. The standard InChI is InChI=1S/C15H27N5O/c1-4-21-10-14-17-13(19-16)9-15(18-14)20(3)12-7-5-11(2)6-8-12/h9,11-12H,4-8,10,16H2,1-3H3,(H,17,18,19). The molecule has 6 nitrogen and oxygen atoms in total. The number of hydrazine groups is 1. The number of rotatable bonds is 6. The van der Waals surface area contributed by atoms with Gasteiger partial charge in [-0.3, -0.25) is 0 Å². The second-order valence-electron chi connectivity index (χ2n) is 5.83. The zero-order valence-corrected chi connectivity index (χ0v) is 13.3. The lowest BCUT2D eigenvalue weighted by Crippen LogP contribution is -2.35. The summed E-state index contributed by atoms with van der Waals surface area (Å²) < 4.78 is 5.40. The summed E-state index contributed by atoms with van der Waals surface area (Å²) in [6.45, 7) is 5.35. The molecule has 1 heterocycles. The van der Waals surface area contributed by atoms with Crippen LogP contribution in [0.15, 0.2) is 6.07 Å². The predicted octanol–water partition coefficient (Wildman–Crippen LogP) is 2.31. The molecule has 118 valence electrons. The highest BCUT2D eigenvalue weighted by Crippen LogP contribution is 2.29. The lowest BCUT2D eigenvalue weighted by atomic mass is 9.87. The number of nitrogen functional groups attached to an aromatic ring is 1. The van der Waals surface area contributed by atoms with Crippen molar-refractivity contribution < 1.29 is 4.74 Å². The van der Waals surface area contributed by atoms with E-state index in [0.29, 0.717) is 30.9 Å². The molecule has 3 N–H and O–H groups in total. The van der Waals surface area contributed by atoms with Crippen LogP contribution in [-0.4, -0.2) is 29.7 Å². The molecule has 1 aromatic rings. The Bertz CT molecular complexity index is 446. The second-order valence-corrected chi connectivity index (χ2v) is 5.83. The van der Waals surface area contributed by atoms with Gasteiger partial charge in [-0.05, 0) is 38.5 Å². The first-order valence-electron chi connectivity index (χ1n) is 7.79. The first-order chi connectivity index (χ1) is 10.1. The molecule has 1 saturated carbocycles. The van der Waals surface area contributed by atoms with E-state index in [4.69, 9.17) is 10.6 Å². The van der Waals surface area contributed by atoms with Crippen molar-refractivity contribution in [3.05, 3.63) is 11.9 Å². The smallest absolute Gasteiger partial charge is 0.158 e. The van der Waals surface area contributed by atoms with Crippen molar-refractivity contribution in [3.63, 3.8) is 0 Å². The fraction of sp³-hybridized carbons (Fsp3) is 0.733. The van der Waals surface area contributed by atoms with E-state index in [1.165, 1.54) is 25.7 Å². The predicted molar refractivity (Wildman–Crippen MR) is 85.0 cm³/mol. The molecule has 0 atom stereocenters. The second kappa shape index (κ2) is 7.56. The van der Waals surface area contributed by atoms with Gasteiger partial charge >= 0.3 is 0 Å². The lowest BCUT2D eigenvalue weighted by molar-refractivity contribution is 0.128. The van der Waals surface area contributed by atoms with Crippen LogP contribution < -0.4 is 16.2 Å². The number of nitrogens with two attached hydrogens (primary N) is 1. The number of nitrogens with one attached hydrogen (secondary N) is 1. The summed E-state index contributed by atoms with van der Waals surface area (Å²) >= 11 is 0. The number of ether oxygens (including phenoxy) is 1. The molecule has 2 rings (SSSR count). The van der Waals surface area contributed by atoms with Crippen LogP contribution in [0.3, 0.4) is 0 Å². The van der Waals surface area contributed by atoms with Crippen molar-refractivity contribution in [1.82, 2.24) is 9.97 Å². The van der Waals surface area contributed by atoms with Gasteiger partial charge < -0.3 is 15.1 Å². The fourth-order valence-electron chi connectivity index (χ4n) is 2.81. The molecule has 1 aliphatic rings. The first kappa shape index (κ1) is 16.0. The van der Waals surface area contributed by atoms with Gasteiger partial charge in [0, 0.05) is 25.8 Å². The van der Waals surface area contributed by atoms with E-state index in [0.717, 1.165) is 11.7 Å². The van der Waals surface area contributed by atoms with Gasteiger partial charge in [0.15, 0.2) is 5.82 Å². The van der Waals surface area contributed by atoms with Gasteiger partial charge in [-0.2, -0.15) is 0 Å². The molecular weight excluding hydrogens is 266 g/mol. The normalized spacial score (nSPS) is 22.1. The van der Waals surface area contributed by atoms with Crippen LogP contribution in [0.4, 0.5) is 11.6 Å². The third-order valence-electron chi connectivity index (χ3n) is 4.24. The maximum Gasteiger partial charge on any atom is 0.158 e. The highest BCUT2D eigenvalue weighted by Gasteiger charge is 2.23. The zero-order valence-electron chi connectivity index (χ0n) is 13.3. The molecule has 0 bridgehead atoms. The van der Waals surface area contributed by atoms with Gasteiger partial charge in [0.2, 0.25) is 0 Å². The van der Waals surface area contributed by atoms with E-state index >= 15 is 0 Å². The minimum absolute atomic E-state index is 0.411. The third kappa shape index (κ3) is 4.28.